The van der Waals surface area contributed by atoms with E-state index in [0.717, 1.165) is 0 Å². The average Bonchev–Trinajstić information content (AvgIpc) is 3.26. The minimum absolute atomic E-state index is 0.0460. The first-order valence-corrected chi connectivity index (χ1v) is 7.43. The third kappa shape index (κ3) is 3.97. The molecule has 0 spiro atoms. The smallest absolute Gasteiger partial charge is 0.381 e. The van der Waals surface area contributed by atoms with Gasteiger partial charge in [-0.2, -0.15) is 18.2 Å². The highest BCUT2D eigenvalue weighted by molar-refractivity contribution is 5.78. The van der Waals surface area contributed by atoms with Crippen LogP contribution in [0.1, 0.15) is 17.9 Å². The van der Waals surface area contributed by atoms with E-state index in [1.54, 1.807) is 12.1 Å². The van der Waals surface area contributed by atoms with Crippen molar-refractivity contribution >= 4 is 5.91 Å². The summed E-state index contributed by atoms with van der Waals surface area (Å²) >= 11 is 0. The largest absolute Gasteiger partial charge is 0.471 e. The fourth-order valence-corrected chi connectivity index (χ4v) is 2.41. The summed E-state index contributed by atoms with van der Waals surface area (Å²) < 4.78 is 46.7. The highest BCUT2D eigenvalue weighted by atomic mass is 19.4. The fraction of sp³-hybridized carbons (Fsp3) is 0.400. The Balaban J connectivity index is 1.66. The van der Waals surface area contributed by atoms with Crippen LogP contribution in [0.15, 0.2) is 28.8 Å². The maximum absolute atomic E-state index is 12.5. The van der Waals surface area contributed by atoms with E-state index in [-0.39, 0.29) is 24.9 Å². The molecule has 3 rings (SSSR count). The summed E-state index contributed by atoms with van der Waals surface area (Å²) in [4.78, 5) is 15.3. The van der Waals surface area contributed by atoms with Gasteiger partial charge in [0.15, 0.2) is 0 Å². The van der Waals surface area contributed by atoms with Gasteiger partial charge in [0.1, 0.15) is 0 Å². The predicted molar refractivity (Wildman–Crippen MR) is 76.0 cm³/mol. The Kier molecular flexibility index (Phi) is 4.73. The molecule has 2 aromatic rings. The lowest BCUT2D eigenvalue weighted by Gasteiger charge is -2.18. The third-order valence-electron chi connectivity index (χ3n) is 3.75. The second-order valence-corrected chi connectivity index (χ2v) is 5.57. The van der Waals surface area contributed by atoms with Crippen LogP contribution < -0.4 is 0 Å². The number of aromatic nitrogens is 2. The molecule has 1 aliphatic rings. The van der Waals surface area contributed by atoms with Crippen molar-refractivity contribution in [3.8, 4) is 11.4 Å². The quantitative estimate of drug-likeness (QED) is 0.668. The summed E-state index contributed by atoms with van der Waals surface area (Å²) in [5, 5.41) is 13.8. The molecule has 1 atom stereocenters. The highest BCUT2D eigenvalue weighted by Gasteiger charge is 2.38. The predicted octanol–water partition coefficient (Wildman–Crippen LogP) is 2.51. The standard InChI is InChI=1S/C15H14F3N3O4/c16-15(17,18)14-19-12(20-25-14)10-3-1-9(2-4-10)7-21(23)13(22)11-5-6-24-8-11/h1-4,11,23H,5-8H2. The summed E-state index contributed by atoms with van der Waals surface area (Å²) in [7, 11) is 0. The first kappa shape index (κ1) is 17.4. The lowest BCUT2D eigenvalue weighted by atomic mass is 10.1. The molecule has 0 radical (unpaired) electrons. The van der Waals surface area contributed by atoms with E-state index in [1.807, 2.05) is 0 Å². The minimum Gasteiger partial charge on any atom is -0.381 e. The van der Waals surface area contributed by atoms with Crippen LogP contribution in [-0.2, 0) is 22.3 Å². The molecule has 0 bridgehead atoms. The number of nitrogens with zero attached hydrogens (tertiary/aromatic N) is 3. The number of rotatable bonds is 4. The molecule has 1 aromatic carbocycles. The van der Waals surface area contributed by atoms with Crippen molar-refractivity contribution in [2.45, 2.75) is 19.1 Å². The van der Waals surface area contributed by atoms with E-state index < -0.39 is 18.0 Å². The zero-order valence-electron chi connectivity index (χ0n) is 12.9. The Morgan fingerprint density at radius 3 is 2.60 bits per heavy atom. The van der Waals surface area contributed by atoms with Crippen LogP contribution in [0.5, 0.6) is 0 Å². The van der Waals surface area contributed by atoms with Crippen LogP contribution in [0.3, 0.4) is 0 Å². The summed E-state index contributed by atoms with van der Waals surface area (Å²) in [6.45, 7) is 0.730. The van der Waals surface area contributed by atoms with Crippen molar-refractivity contribution < 1.29 is 32.4 Å². The number of hydrogen-bond acceptors (Lipinski definition) is 6. The van der Waals surface area contributed by atoms with E-state index in [1.165, 1.54) is 12.1 Å². The van der Waals surface area contributed by atoms with Crippen molar-refractivity contribution in [3.05, 3.63) is 35.7 Å². The zero-order valence-corrected chi connectivity index (χ0v) is 12.9. The van der Waals surface area contributed by atoms with Crippen molar-refractivity contribution in [2.24, 2.45) is 5.92 Å². The van der Waals surface area contributed by atoms with Crippen LogP contribution in [0, 0.1) is 5.92 Å². The second-order valence-electron chi connectivity index (χ2n) is 5.57. The second kappa shape index (κ2) is 6.81. The van der Waals surface area contributed by atoms with E-state index in [2.05, 4.69) is 14.7 Å². The highest BCUT2D eigenvalue weighted by Crippen LogP contribution is 2.29. The Morgan fingerprint density at radius 2 is 2.04 bits per heavy atom. The van der Waals surface area contributed by atoms with Gasteiger partial charge in [-0.05, 0) is 12.0 Å². The van der Waals surface area contributed by atoms with Gasteiger partial charge in [-0.3, -0.25) is 10.0 Å². The molecule has 0 aliphatic carbocycles. The number of hydrogen-bond donors (Lipinski definition) is 1. The SMILES string of the molecule is O=C(C1CCOC1)N(O)Cc1ccc(-c2noc(C(F)(F)F)n2)cc1. The number of amides is 1. The van der Waals surface area contributed by atoms with Crippen molar-refractivity contribution in [1.29, 1.82) is 0 Å². The number of ether oxygens (including phenoxy) is 1. The van der Waals surface area contributed by atoms with Crippen LogP contribution in [-0.4, -0.2) is 39.5 Å². The lowest BCUT2D eigenvalue weighted by Crippen LogP contribution is -2.33. The van der Waals surface area contributed by atoms with Gasteiger partial charge in [0.2, 0.25) is 5.82 Å². The molecule has 10 heteroatoms. The van der Waals surface area contributed by atoms with Gasteiger partial charge in [-0.15, -0.1) is 0 Å². The van der Waals surface area contributed by atoms with Gasteiger partial charge in [-0.25, -0.2) is 5.06 Å². The van der Waals surface area contributed by atoms with Crippen molar-refractivity contribution in [1.82, 2.24) is 15.2 Å². The first-order chi connectivity index (χ1) is 11.8. The van der Waals surface area contributed by atoms with Crippen molar-refractivity contribution in [2.75, 3.05) is 13.2 Å². The number of benzene rings is 1. The van der Waals surface area contributed by atoms with Gasteiger partial charge in [0.25, 0.3) is 5.91 Å². The molecule has 1 N–H and O–H groups in total. The van der Waals surface area contributed by atoms with Crippen LogP contribution in [0.2, 0.25) is 0 Å². The van der Waals surface area contributed by atoms with E-state index >= 15 is 0 Å². The monoisotopic (exact) mass is 357 g/mol. The molecule has 25 heavy (non-hydrogen) atoms. The topological polar surface area (TPSA) is 88.7 Å². The number of carbonyl (C=O) groups is 1. The molecule has 1 saturated heterocycles. The number of alkyl halides is 3. The molecule has 1 unspecified atom stereocenters. The molecule has 0 saturated carbocycles. The summed E-state index contributed by atoms with van der Waals surface area (Å²) in [6.07, 6.45) is -4.14. The van der Waals surface area contributed by atoms with Gasteiger partial charge in [-0.1, -0.05) is 29.4 Å². The van der Waals surface area contributed by atoms with Crippen LogP contribution in [0.25, 0.3) is 11.4 Å². The molecule has 7 nitrogen and oxygen atoms in total. The molecule has 1 aromatic heterocycles. The first-order valence-electron chi connectivity index (χ1n) is 7.43. The lowest BCUT2D eigenvalue weighted by molar-refractivity contribution is -0.172. The number of hydroxylamine groups is 2. The van der Waals surface area contributed by atoms with E-state index in [9.17, 15) is 23.2 Å². The van der Waals surface area contributed by atoms with Gasteiger partial charge >= 0.3 is 12.1 Å². The third-order valence-corrected chi connectivity index (χ3v) is 3.75. The maximum atomic E-state index is 12.5. The van der Waals surface area contributed by atoms with Gasteiger partial charge in [0, 0.05) is 12.2 Å². The summed E-state index contributed by atoms with van der Waals surface area (Å²) in [6, 6.07) is 6.08. The molecule has 1 aliphatic heterocycles. The summed E-state index contributed by atoms with van der Waals surface area (Å²) in [5.74, 6) is -2.39. The Morgan fingerprint density at radius 1 is 1.32 bits per heavy atom. The molecule has 2 heterocycles. The van der Waals surface area contributed by atoms with Gasteiger partial charge < -0.3 is 9.26 Å². The van der Waals surface area contributed by atoms with Crippen LogP contribution in [0.4, 0.5) is 13.2 Å². The molecular weight excluding hydrogens is 343 g/mol. The minimum atomic E-state index is -4.70. The number of carbonyl (C=O) groups excluding carboxylic acids is 1. The maximum Gasteiger partial charge on any atom is 0.471 e. The fourth-order valence-electron chi connectivity index (χ4n) is 2.41. The van der Waals surface area contributed by atoms with E-state index in [4.69, 9.17) is 4.74 Å². The Bertz CT molecular complexity index is 739. The Hall–Kier alpha value is -2.46. The van der Waals surface area contributed by atoms with Crippen LogP contribution >= 0.6 is 0 Å². The van der Waals surface area contributed by atoms with Gasteiger partial charge in [0.05, 0.1) is 19.1 Å². The molecule has 134 valence electrons. The normalized spacial score (nSPS) is 17.7. The molecular formula is C15H14F3N3O4. The molecule has 1 amide bonds. The molecule has 1 fully saturated rings. The van der Waals surface area contributed by atoms with Crippen molar-refractivity contribution in [3.63, 3.8) is 0 Å². The number of halogens is 3. The average molecular weight is 357 g/mol. The zero-order chi connectivity index (χ0) is 18.0. The van der Waals surface area contributed by atoms with E-state index in [0.29, 0.717) is 29.2 Å². The Labute approximate surface area is 140 Å². The summed E-state index contributed by atoms with van der Waals surface area (Å²) in [5.41, 5.74) is 0.918.